The fourth-order valence-electron chi connectivity index (χ4n) is 3.16. The van der Waals surface area contributed by atoms with Crippen molar-refractivity contribution < 1.29 is 0 Å². The topological polar surface area (TPSA) is 3.24 Å². The van der Waals surface area contributed by atoms with Crippen molar-refractivity contribution >= 4 is 29.1 Å². The predicted molar refractivity (Wildman–Crippen MR) is 155 cm³/mol. The van der Waals surface area contributed by atoms with Gasteiger partial charge in [0.1, 0.15) is 0 Å². The molecular weight excluding hydrogens is 442 g/mol. The molecular formula is C30H44ClNS. The highest BCUT2D eigenvalue weighted by molar-refractivity contribution is 7.99. The van der Waals surface area contributed by atoms with Crippen LogP contribution in [0.3, 0.4) is 0 Å². The number of benzene rings is 2. The third-order valence-electron chi connectivity index (χ3n) is 4.60. The number of terminal acetylenes is 1. The molecule has 0 radical (unpaired) electrons. The van der Waals surface area contributed by atoms with Gasteiger partial charge in [0, 0.05) is 40.0 Å². The molecule has 0 bridgehead atoms. The van der Waals surface area contributed by atoms with E-state index in [0.717, 1.165) is 35.1 Å². The maximum atomic E-state index is 6.31. The Morgan fingerprint density at radius 2 is 1.52 bits per heavy atom. The zero-order valence-electron chi connectivity index (χ0n) is 22.1. The standard InChI is InChI=1S/C22H26ClNS.2C2H6.C2H4.C2H2/c1-14(2)13-25-22-7-6-15(3)8-20(22)17(5)24-11-18-9-16(4)21(23)10-19(18)12-24;4*1-2/h6-10,14H,5,11-13H2,1-4H3;2*1-2H3;1-2H2;1-2H. The molecule has 0 amide bonds. The zero-order chi connectivity index (χ0) is 26.1. The van der Waals surface area contributed by atoms with Crippen LogP contribution in [-0.4, -0.2) is 10.7 Å². The maximum absolute atomic E-state index is 6.31. The van der Waals surface area contributed by atoms with E-state index >= 15 is 0 Å². The molecule has 182 valence electrons. The van der Waals surface area contributed by atoms with Crippen molar-refractivity contribution in [3.63, 3.8) is 0 Å². The second-order valence-electron chi connectivity index (χ2n) is 7.38. The molecule has 0 fully saturated rings. The van der Waals surface area contributed by atoms with Gasteiger partial charge in [0.15, 0.2) is 0 Å². The fraction of sp³-hybridized carbons (Fsp3) is 0.400. The first kappa shape index (κ1) is 33.1. The Bertz CT molecular complexity index is 836. The van der Waals surface area contributed by atoms with Crippen LogP contribution < -0.4 is 0 Å². The van der Waals surface area contributed by atoms with Gasteiger partial charge in [0.2, 0.25) is 0 Å². The summed E-state index contributed by atoms with van der Waals surface area (Å²) >= 11 is 8.24. The van der Waals surface area contributed by atoms with Crippen molar-refractivity contribution in [3.8, 4) is 12.8 Å². The van der Waals surface area contributed by atoms with Gasteiger partial charge in [0.05, 0.1) is 0 Å². The third kappa shape index (κ3) is 10.2. The summed E-state index contributed by atoms with van der Waals surface area (Å²) in [6.07, 6.45) is 8.00. The summed E-state index contributed by atoms with van der Waals surface area (Å²) in [6.45, 7) is 29.0. The molecule has 2 aromatic rings. The molecule has 33 heavy (non-hydrogen) atoms. The van der Waals surface area contributed by atoms with Crippen LogP contribution in [0.1, 0.15) is 69.4 Å². The lowest BCUT2D eigenvalue weighted by Crippen LogP contribution is -2.14. The van der Waals surface area contributed by atoms with E-state index in [1.165, 1.54) is 27.1 Å². The molecule has 0 N–H and O–H groups in total. The molecule has 2 aromatic carbocycles. The lowest BCUT2D eigenvalue weighted by atomic mass is 10.1. The molecule has 1 aliphatic heterocycles. The monoisotopic (exact) mass is 485 g/mol. The largest absolute Gasteiger partial charge is 0.363 e. The maximum Gasteiger partial charge on any atom is 0.0438 e. The number of hydrogen-bond donors (Lipinski definition) is 0. The molecule has 0 atom stereocenters. The van der Waals surface area contributed by atoms with E-state index in [1.807, 2.05) is 39.5 Å². The van der Waals surface area contributed by atoms with Crippen molar-refractivity contribution in [2.24, 2.45) is 5.92 Å². The molecule has 0 aliphatic carbocycles. The molecule has 0 saturated carbocycles. The summed E-state index contributed by atoms with van der Waals surface area (Å²) in [4.78, 5) is 3.70. The lowest BCUT2D eigenvalue weighted by molar-refractivity contribution is 0.423. The highest BCUT2D eigenvalue weighted by atomic mass is 35.5. The molecule has 0 spiro atoms. The van der Waals surface area contributed by atoms with Crippen LogP contribution >= 0.6 is 23.4 Å². The van der Waals surface area contributed by atoms with Gasteiger partial charge in [-0.15, -0.1) is 37.8 Å². The molecule has 3 rings (SSSR count). The van der Waals surface area contributed by atoms with Crippen molar-refractivity contribution in [2.45, 2.75) is 73.4 Å². The highest BCUT2D eigenvalue weighted by Crippen LogP contribution is 2.36. The quantitative estimate of drug-likeness (QED) is 0.235. The van der Waals surface area contributed by atoms with Crippen LogP contribution in [0.4, 0.5) is 0 Å². The lowest BCUT2D eigenvalue weighted by Gasteiger charge is -2.23. The Labute approximate surface area is 214 Å². The predicted octanol–water partition coefficient (Wildman–Crippen LogP) is 9.80. The summed E-state index contributed by atoms with van der Waals surface area (Å²) in [6, 6.07) is 11.0. The van der Waals surface area contributed by atoms with E-state index < -0.39 is 0 Å². The SMILES string of the molecule is C#C.C=C.C=C(c1cc(C)ccc1SCC(C)C)N1Cc2cc(C)c(Cl)cc2C1.CC.CC. The zero-order valence-corrected chi connectivity index (χ0v) is 23.7. The second-order valence-corrected chi connectivity index (χ2v) is 8.85. The van der Waals surface area contributed by atoms with Crippen molar-refractivity contribution in [3.05, 3.63) is 82.9 Å². The minimum absolute atomic E-state index is 0.675. The van der Waals surface area contributed by atoms with E-state index in [0.29, 0.717) is 5.92 Å². The minimum Gasteiger partial charge on any atom is -0.363 e. The van der Waals surface area contributed by atoms with Gasteiger partial charge in [-0.1, -0.05) is 77.4 Å². The van der Waals surface area contributed by atoms with Gasteiger partial charge < -0.3 is 4.90 Å². The van der Waals surface area contributed by atoms with Gasteiger partial charge in [0.25, 0.3) is 0 Å². The molecule has 0 unspecified atom stereocenters. The second kappa shape index (κ2) is 18.4. The summed E-state index contributed by atoms with van der Waals surface area (Å²) in [5, 5.41) is 0.856. The van der Waals surface area contributed by atoms with Crippen LogP contribution in [0.2, 0.25) is 5.02 Å². The van der Waals surface area contributed by atoms with E-state index in [-0.39, 0.29) is 0 Å². The average molecular weight is 486 g/mol. The van der Waals surface area contributed by atoms with Crippen molar-refractivity contribution in [1.82, 2.24) is 4.90 Å². The Morgan fingerprint density at radius 3 is 2.03 bits per heavy atom. The van der Waals surface area contributed by atoms with E-state index in [2.05, 4.69) is 95.5 Å². The first-order valence-corrected chi connectivity index (χ1v) is 13.0. The Hall–Kier alpha value is -2.08. The van der Waals surface area contributed by atoms with Crippen molar-refractivity contribution in [2.75, 3.05) is 5.75 Å². The number of fused-ring (bicyclic) bond motifs is 1. The average Bonchev–Trinajstić information content (AvgIpc) is 3.25. The summed E-state index contributed by atoms with van der Waals surface area (Å²) in [5.41, 5.74) is 7.49. The Kier molecular flexibility index (Phi) is 18.4. The van der Waals surface area contributed by atoms with Gasteiger partial charge in [-0.3, -0.25) is 0 Å². The highest BCUT2D eigenvalue weighted by Gasteiger charge is 2.23. The number of hydrogen-bond acceptors (Lipinski definition) is 2. The fourth-order valence-corrected chi connectivity index (χ4v) is 4.35. The first-order chi connectivity index (χ1) is 15.8. The summed E-state index contributed by atoms with van der Waals surface area (Å²) < 4.78 is 0. The van der Waals surface area contributed by atoms with Crippen LogP contribution in [0.25, 0.3) is 5.70 Å². The molecule has 1 heterocycles. The summed E-state index contributed by atoms with van der Waals surface area (Å²) in [5.74, 6) is 1.80. The van der Waals surface area contributed by atoms with Crippen LogP contribution in [0.5, 0.6) is 0 Å². The number of aryl methyl sites for hydroxylation is 2. The van der Waals surface area contributed by atoms with E-state index in [4.69, 9.17) is 11.6 Å². The number of nitrogens with zero attached hydrogens (tertiary/aromatic N) is 1. The van der Waals surface area contributed by atoms with Crippen LogP contribution in [0.15, 0.2) is 55.0 Å². The first-order valence-electron chi connectivity index (χ1n) is 11.6. The van der Waals surface area contributed by atoms with Gasteiger partial charge in [-0.25, -0.2) is 0 Å². The number of rotatable bonds is 5. The normalized spacial score (nSPS) is 10.7. The molecule has 0 saturated heterocycles. The van der Waals surface area contributed by atoms with Crippen LogP contribution in [-0.2, 0) is 13.1 Å². The number of thioether (sulfide) groups is 1. The third-order valence-corrected chi connectivity index (χ3v) is 6.51. The Balaban J connectivity index is 0. The molecule has 0 aromatic heterocycles. The van der Waals surface area contributed by atoms with E-state index in [1.54, 1.807) is 0 Å². The minimum atomic E-state index is 0.675. The van der Waals surface area contributed by atoms with E-state index in [9.17, 15) is 0 Å². The molecule has 3 heteroatoms. The molecule has 1 aliphatic rings. The van der Waals surface area contributed by atoms with Gasteiger partial charge in [-0.2, -0.15) is 0 Å². The van der Waals surface area contributed by atoms with Crippen LogP contribution in [0, 0.1) is 32.6 Å². The smallest absolute Gasteiger partial charge is 0.0438 e. The summed E-state index contributed by atoms with van der Waals surface area (Å²) in [7, 11) is 0. The van der Waals surface area contributed by atoms with Gasteiger partial charge >= 0.3 is 0 Å². The van der Waals surface area contributed by atoms with Gasteiger partial charge in [-0.05, 0) is 54.7 Å². The van der Waals surface area contributed by atoms with Crippen molar-refractivity contribution in [1.29, 1.82) is 0 Å². The number of halogens is 1. The Morgan fingerprint density at radius 1 is 1.00 bits per heavy atom. The molecule has 1 nitrogen and oxygen atoms in total.